The molecule has 1 N–H and O–H groups in total. The molecule has 0 aromatic rings. The summed E-state index contributed by atoms with van der Waals surface area (Å²) in [7, 11) is 0. The maximum absolute atomic E-state index is 10.0. The summed E-state index contributed by atoms with van der Waals surface area (Å²) in [6.45, 7) is 9.61. The Balaban J connectivity index is 1.86. The first-order valence-corrected chi connectivity index (χ1v) is 8.89. The van der Waals surface area contributed by atoms with E-state index in [9.17, 15) is 5.11 Å². The molecule has 4 aliphatic carbocycles. The molecule has 0 fully saturated rings. The van der Waals surface area contributed by atoms with Crippen molar-refractivity contribution in [1.29, 1.82) is 0 Å². The van der Waals surface area contributed by atoms with Gasteiger partial charge in [0.15, 0.2) is 0 Å². The Morgan fingerprint density at radius 3 is 2.73 bits per heavy atom. The van der Waals surface area contributed by atoms with Crippen LogP contribution in [0.1, 0.15) is 66.2 Å². The number of hydrogen-bond acceptors (Lipinski definition) is 1. The van der Waals surface area contributed by atoms with Gasteiger partial charge in [0.2, 0.25) is 0 Å². The van der Waals surface area contributed by atoms with Crippen LogP contribution in [0.4, 0.5) is 0 Å². The molecule has 0 saturated carbocycles. The average molecular weight is 296 g/mol. The normalized spacial score (nSPS) is 40.8. The lowest BCUT2D eigenvalue weighted by atomic mass is 9.55. The van der Waals surface area contributed by atoms with E-state index >= 15 is 0 Å². The number of fused-ring (bicyclic) bond motifs is 4. The molecule has 3 atom stereocenters. The summed E-state index contributed by atoms with van der Waals surface area (Å²) in [6.07, 6.45) is 11.4. The molecule has 1 heteroatoms. The quantitative estimate of drug-likeness (QED) is 0.580. The summed E-state index contributed by atoms with van der Waals surface area (Å²) in [6, 6.07) is 0. The predicted octanol–water partition coefficient (Wildman–Crippen LogP) is 6.01. The molecular weight excluding hydrogens is 268 g/mol. The smallest absolute Gasteiger partial charge is 0.0926 e. The molecule has 0 spiro atoms. The third-order valence-electron chi connectivity index (χ3n) is 7.32. The van der Waals surface area contributed by atoms with E-state index in [2.05, 4.69) is 39.8 Å². The zero-order valence-electron chi connectivity index (χ0n) is 14.4. The minimum atomic E-state index is 0.165. The summed E-state index contributed by atoms with van der Waals surface area (Å²) in [4.78, 5) is 0. The predicted molar refractivity (Wildman–Crippen MR) is 91.6 cm³/mol. The molecular formula is C21H28O. The van der Waals surface area contributed by atoms with Crippen molar-refractivity contribution >= 4 is 0 Å². The Bertz CT molecular complexity index is 672. The van der Waals surface area contributed by atoms with Crippen LogP contribution in [0.2, 0.25) is 0 Å². The van der Waals surface area contributed by atoms with Gasteiger partial charge < -0.3 is 5.11 Å². The number of aliphatic hydroxyl groups excluding tert-OH is 1. The molecule has 22 heavy (non-hydrogen) atoms. The van der Waals surface area contributed by atoms with Gasteiger partial charge in [0.1, 0.15) is 0 Å². The maximum atomic E-state index is 10.0. The van der Waals surface area contributed by atoms with Crippen molar-refractivity contribution in [2.45, 2.75) is 66.2 Å². The number of aliphatic hydroxyl groups is 1. The monoisotopic (exact) mass is 296 g/mol. The zero-order chi connectivity index (χ0) is 15.7. The molecule has 0 aromatic heterocycles. The van der Waals surface area contributed by atoms with Crippen molar-refractivity contribution in [2.24, 2.45) is 16.7 Å². The van der Waals surface area contributed by atoms with Gasteiger partial charge in [0, 0.05) is 11.8 Å². The van der Waals surface area contributed by atoms with E-state index in [1.165, 1.54) is 30.4 Å². The van der Waals surface area contributed by atoms with Gasteiger partial charge in [-0.05, 0) is 73.2 Å². The largest absolute Gasteiger partial charge is 0.512 e. The summed E-state index contributed by atoms with van der Waals surface area (Å²) in [5.74, 6) is 1.36. The molecule has 3 unspecified atom stereocenters. The molecule has 0 aliphatic heterocycles. The van der Waals surface area contributed by atoms with Crippen LogP contribution in [-0.4, -0.2) is 5.11 Å². The number of allylic oxidation sites excluding steroid dienone is 8. The van der Waals surface area contributed by atoms with Crippen molar-refractivity contribution in [2.75, 3.05) is 0 Å². The van der Waals surface area contributed by atoms with E-state index in [-0.39, 0.29) is 5.41 Å². The number of hydrogen-bond donors (Lipinski definition) is 1. The molecule has 118 valence electrons. The second-order valence-electron chi connectivity index (χ2n) is 8.47. The lowest BCUT2D eigenvalue weighted by Gasteiger charge is -2.49. The first kappa shape index (κ1) is 14.4. The molecule has 0 saturated heterocycles. The van der Waals surface area contributed by atoms with Crippen LogP contribution in [0, 0.1) is 16.7 Å². The Kier molecular flexibility index (Phi) is 2.87. The van der Waals surface area contributed by atoms with Gasteiger partial charge in [-0.2, -0.15) is 0 Å². The molecule has 0 aromatic carbocycles. The molecule has 1 nitrogen and oxygen atoms in total. The molecule has 4 rings (SSSR count). The zero-order valence-corrected chi connectivity index (χ0v) is 14.4. The van der Waals surface area contributed by atoms with Gasteiger partial charge in [-0.15, -0.1) is 0 Å². The van der Waals surface area contributed by atoms with E-state index in [1.807, 2.05) is 0 Å². The van der Waals surface area contributed by atoms with Gasteiger partial charge in [-0.25, -0.2) is 0 Å². The van der Waals surface area contributed by atoms with Crippen molar-refractivity contribution in [3.63, 3.8) is 0 Å². The van der Waals surface area contributed by atoms with Crippen LogP contribution < -0.4 is 0 Å². The third kappa shape index (κ3) is 1.66. The highest BCUT2D eigenvalue weighted by atomic mass is 16.3. The molecule has 0 heterocycles. The van der Waals surface area contributed by atoms with Crippen LogP contribution in [0.25, 0.3) is 0 Å². The highest BCUT2D eigenvalue weighted by Gasteiger charge is 2.49. The van der Waals surface area contributed by atoms with E-state index in [0.29, 0.717) is 11.2 Å². The van der Waals surface area contributed by atoms with Gasteiger partial charge in [-0.3, -0.25) is 0 Å². The highest BCUT2D eigenvalue weighted by Crippen LogP contribution is 2.62. The lowest BCUT2D eigenvalue weighted by Crippen LogP contribution is -2.36. The standard InChI is InChI=1S/C21H28O/c1-13-11-16-17-6-5-14(2)20(17,3)10-8-18(16)21(4)9-7-15(22)12-19(13)21/h6,12,14,22H,5,7-11H2,1-4H3. The van der Waals surface area contributed by atoms with E-state index in [4.69, 9.17) is 0 Å². The van der Waals surface area contributed by atoms with Gasteiger partial charge in [-0.1, -0.05) is 38.0 Å². The highest BCUT2D eigenvalue weighted by molar-refractivity contribution is 5.57. The number of rotatable bonds is 0. The minimum Gasteiger partial charge on any atom is -0.512 e. The molecule has 0 amide bonds. The van der Waals surface area contributed by atoms with Crippen LogP contribution in [0.15, 0.2) is 45.8 Å². The minimum absolute atomic E-state index is 0.165. The van der Waals surface area contributed by atoms with E-state index < -0.39 is 0 Å². The maximum Gasteiger partial charge on any atom is 0.0926 e. The average Bonchev–Trinajstić information content (AvgIpc) is 2.77. The van der Waals surface area contributed by atoms with Crippen molar-refractivity contribution in [3.05, 3.63) is 45.8 Å². The Labute approximate surface area is 134 Å². The van der Waals surface area contributed by atoms with E-state index in [1.54, 1.807) is 16.7 Å². The SMILES string of the molecule is CC1=C2C=C(O)CCC2(C)C2=C(C1)C1=CCC(C)C1(C)CC2. The van der Waals surface area contributed by atoms with Crippen LogP contribution >= 0.6 is 0 Å². The second-order valence-corrected chi connectivity index (χ2v) is 8.47. The third-order valence-corrected chi connectivity index (χ3v) is 7.32. The van der Waals surface area contributed by atoms with Gasteiger partial charge in [0.25, 0.3) is 0 Å². The summed E-state index contributed by atoms with van der Waals surface area (Å²) < 4.78 is 0. The van der Waals surface area contributed by atoms with Crippen molar-refractivity contribution in [1.82, 2.24) is 0 Å². The molecule has 0 bridgehead atoms. The fourth-order valence-corrected chi connectivity index (χ4v) is 5.59. The fourth-order valence-electron chi connectivity index (χ4n) is 5.59. The second kappa shape index (κ2) is 4.40. The Morgan fingerprint density at radius 2 is 1.95 bits per heavy atom. The summed E-state index contributed by atoms with van der Waals surface area (Å²) in [5.41, 5.74) is 8.46. The fraction of sp³-hybridized carbons (Fsp3) is 0.619. The van der Waals surface area contributed by atoms with Crippen LogP contribution in [0.3, 0.4) is 0 Å². The van der Waals surface area contributed by atoms with Gasteiger partial charge >= 0.3 is 0 Å². The Hall–Kier alpha value is -1.24. The Morgan fingerprint density at radius 1 is 1.18 bits per heavy atom. The van der Waals surface area contributed by atoms with Crippen LogP contribution in [-0.2, 0) is 0 Å². The van der Waals surface area contributed by atoms with Crippen molar-refractivity contribution < 1.29 is 5.11 Å². The van der Waals surface area contributed by atoms with Crippen LogP contribution in [0.5, 0.6) is 0 Å². The summed E-state index contributed by atoms with van der Waals surface area (Å²) in [5, 5.41) is 10.0. The van der Waals surface area contributed by atoms with Gasteiger partial charge in [0.05, 0.1) is 5.76 Å². The van der Waals surface area contributed by atoms with Crippen molar-refractivity contribution in [3.8, 4) is 0 Å². The summed E-state index contributed by atoms with van der Waals surface area (Å²) >= 11 is 0. The van der Waals surface area contributed by atoms with E-state index in [0.717, 1.165) is 25.2 Å². The first-order valence-electron chi connectivity index (χ1n) is 8.89. The first-order chi connectivity index (χ1) is 10.4. The lowest BCUT2D eigenvalue weighted by molar-refractivity contribution is 0.237. The topological polar surface area (TPSA) is 20.2 Å². The molecule has 4 aliphatic rings. The molecule has 0 radical (unpaired) electrons.